The molecule has 2 amide bonds. The molecule has 0 fully saturated rings. The summed E-state index contributed by atoms with van der Waals surface area (Å²) in [5.74, 6) is -1.52. The zero-order valence-corrected chi connectivity index (χ0v) is 13.5. The lowest BCUT2D eigenvalue weighted by Crippen LogP contribution is -2.36. The number of carbonyl (C=O) groups excluding carboxylic acids is 3. The van der Waals surface area contributed by atoms with Gasteiger partial charge in [-0.05, 0) is 22.4 Å². The molecule has 6 nitrogen and oxygen atoms in total. The van der Waals surface area contributed by atoms with Gasteiger partial charge in [0, 0.05) is 6.92 Å². The van der Waals surface area contributed by atoms with Crippen LogP contribution in [0.2, 0.25) is 0 Å². The van der Waals surface area contributed by atoms with Crippen LogP contribution in [0.25, 0.3) is 16.8 Å². The molecule has 124 valence electrons. The van der Waals surface area contributed by atoms with Gasteiger partial charge in [-0.25, -0.2) is 0 Å². The normalized spacial score (nSPS) is 11.0. The van der Waals surface area contributed by atoms with Gasteiger partial charge < -0.3 is 15.4 Å². The standard InChI is InChI=1S/C18H18N2O4/c1-12(21)20-16(18(23)19-11-17(22)24-2)10-14-8-5-7-13-6-3-4-9-15(13)14/h3-10H,11H2,1-2H3,(H,19,23)(H,20,21)/b16-10-. The summed E-state index contributed by atoms with van der Waals surface area (Å²) in [5.41, 5.74) is 0.841. The van der Waals surface area contributed by atoms with Crippen LogP contribution in [0.1, 0.15) is 12.5 Å². The molecule has 6 heteroatoms. The molecule has 0 saturated heterocycles. The average molecular weight is 326 g/mol. The minimum absolute atomic E-state index is 0.0581. The van der Waals surface area contributed by atoms with Crippen molar-refractivity contribution in [2.75, 3.05) is 13.7 Å². The van der Waals surface area contributed by atoms with E-state index in [1.54, 1.807) is 6.08 Å². The molecule has 0 bridgehead atoms. The van der Waals surface area contributed by atoms with E-state index in [0.717, 1.165) is 16.3 Å². The monoisotopic (exact) mass is 326 g/mol. The molecular formula is C18H18N2O4. The third kappa shape index (κ3) is 4.42. The van der Waals surface area contributed by atoms with Crippen molar-refractivity contribution in [2.45, 2.75) is 6.92 Å². The van der Waals surface area contributed by atoms with E-state index in [1.165, 1.54) is 14.0 Å². The second-order valence-corrected chi connectivity index (χ2v) is 5.07. The number of carbonyl (C=O) groups is 3. The number of rotatable bonds is 5. The summed E-state index contributed by atoms with van der Waals surface area (Å²) in [5, 5.41) is 6.87. The predicted octanol–water partition coefficient (Wildman–Crippen LogP) is 1.61. The summed E-state index contributed by atoms with van der Waals surface area (Å²) in [6, 6.07) is 13.4. The van der Waals surface area contributed by atoms with Gasteiger partial charge in [-0.15, -0.1) is 0 Å². The van der Waals surface area contributed by atoms with Crippen LogP contribution in [0.15, 0.2) is 48.2 Å². The highest BCUT2D eigenvalue weighted by Gasteiger charge is 2.13. The van der Waals surface area contributed by atoms with E-state index in [2.05, 4.69) is 15.4 Å². The van der Waals surface area contributed by atoms with Crippen LogP contribution in [-0.2, 0) is 19.1 Å². The maximum Gasteiger partial charge on any atom is 0.325 e. The molecule has 0 unspecified atom stereocenters. The Morgan fingerprint density at radius 2 is 1.79 bits per heavy atom. The first-order valence-corrected chi connectivity index (χ1v) is 7.33. The lowest BCUT2D eigenvalue weighted by Gasteiger charge is -2.10. The van der Waals surface area contributed by atoms with E-state index in [1.807, 2.05) is 42.5 Å². The molecule has 0 aliphatic rings. The second kappa shape index (κ2) is 7.92. The summed E-state index contributed by atoms with van der Waals surface area (Å²) in [6.45, 7) is 1.03. The second-order valence-electron chi connectivity index (χ2n) is 5.07. The molecular weight excluding hydrogens is 308 g/mol. The Bertz CT molecular complexity index is 806. The van der Waals surface area contributed by atoms with E-state index in [9.17, 15) is 14.4 Å². The highest BCUT2D eigenvalue weighted by atomic mass is 16.5. The fourth-order valence-electron chi connectivity index (χ4n) is 2.20. The Morgan fingerprint density at radius 3 is 2.50 bits per heavy atom. The number of benzene rings is 2. The van der Waals surface area contributed by atoms with Crippen LogP contribution in [0, 0.1) is 0 Å². The maximum absolute atomic E-state index is 12.2. The maximum atomic E-state index is 12.2. The number of fused-ring (bicyclic) bond motifs is 1. The molecule has 0 aliphatic heterocycles. The Hall–Kier alpha value is -3.15. The van der Waals surface area contributed by atoms with Crippen LogP contribution in [0.5, 0.6) is 0 Å². The van der Waals surface area contributed by atoms with Gasteiger partial charge in [-0.1, -0.05) is 42.5 Å². The Labute approximate surface area is 139 Å². The third-order valence-corrected chi connectivity index (χ3v) is 3.30. The molecule has 2 aromatic carbocycles. The van der Waals surface area contributed by atoms with Gasteiger partial charge >= 0.3 is 5.97 Å². The molecule has 0 radical (unpaired) electrons. The molecule has 0 spiro atoms. The van der Waals surface area contributed by atoms with Crippen molar-refractivity contribution in [2.24, 2.45) is 0 Å². The molecule has 2 aromatic rings. The van der Waals surface area contributed by atoms with Gasteiger partial charge in [0.05, 0.1) is 7.11 Å². The fraction of sp³-hybridized carbons (Fsp3) is 0.167. The van der Waals surface area contributed by atoms with Crippen LogP contribution >= 0.6 is 0 Å². The van der Waals surface area contributed by atoms with E-state index in [0.29, 0.717) is 0 Å². The first-order chi connectivity index (χ1) is 11.5. The average Bonchev–Trinajstić information content (AvgIpc) is 2.58. The number of amides is 2. The van der Waals surface area contributed by atoms with E-state index >= 15 is 0 Å². The first-order valence-electron chi connectivity index (χ1n) is 7.33. The van der Waals surface area contributed by atoms with E-state index < -0.39 is 11.9 Å². The SMILES string of the molecule is COC(=O)CNC(=O)/C(=C/c1cccc2ccccc12)NC(C)=O. The highest BCUT2D eigenvalue weighted by Crippen LogP contribution is 2.20. The van der Waals surface area contributed by atoms with Crippen LogP contribution in [0.4, 0.5) is 0 Å². The van der Waals surface area contributed by atoms with Gasteiger partial charge in [0.1, 0.15) is 12.2 Å². The van der Waals surface area contributed by atoms with Gasteiger partial charge in [0.15, 0.2) is 0 Å². The number of esters is 1. The van der Waals surface area contributed by atoms with Crippen molar-refractivity contribution in [1.82, 2.24) is 10.6 Å². The molecule has 2 N–H and O–H groups in total. The molecule has 0 aromatic heterocycles. The zero-order chi connectivity index (χ0) is 17.5. The van der Waals surface area contributed by atoms with Gasteiger partial charge in [0.2, 0.25) is 5.91 Å². The van der Waals surface area contributed by atoms with E-state index in [4.69, 9.17) is 0 Å². The number of hydrogen-bond acceptors (Lipinski definition) is 4. The van der Waals surface area contributed by atoms with Crippen molar-refractivity contribution in [3.63, 3.8) is 0 Å². The summed E-state index contributed by atoms with van der Waals surface area (Å²) in [6.07, 6.45) is 1.58. The fourth-order valence-corrected chi connectivity index (χ4v) is 2.20. The number of ether oxygens (including phenoxy) is 1. The minimum atomic E-state index is -0.573. The summed E-state index contributed by atoms with van der Waals surface area (Å²) in [7, 11) is 1.23. The quantitative estimate of drug-likeness (QED) is 0.646. The smallest absolute Gasteiger partial charge is 0.325 e. The lowest BCUT2D eigenvalue weighted by atomic mass is 10.0. The topological polar surface area (TPSA) is 84.5 Å². The number of methoxy groups -OCH3 is 1. The third-order valence-electron chi connectivity index (χ3n) is 3.30. The van der Waals surface area contributed by atoms with Crippen molar-refractivity contribution in [1.29, 1.82) is 0 Å². The zero-order valence-electron chi connectivity index (χ0n) is 13.5. The minimum Gasteiger partial charge on any atom is -0.468 e. The first kappa shape index (κ1) is 17.2. The van der Waals surface area contributed by atoms with Gasteiger partial charge in [-0.2, -0.15) is 0 Å². The lowest BCUT2D eigenvalue weighted by molar-refractivity contribution is -0.140. The van der Waals surface area contributed by atoms with Crippen molar-refractivity contribution in [3.8, 4) is 0 Å². The van der Waals surface area contributed by atoms with Crippen LogP contribution in [0.3, 0.4) is 0 Å². The molecule has 0 heterocycles. The Kier molecular flexibility index (Phi) is 5.68. The molecule has 24 heavy (non-hydrogen) atoms. The Balaban J connectivity index is 2.35. The predicted molar refractivity (Wildman–Crippen MR) is 90.8 cm³/mol. The molecule has 0 atom stereocenters. The largest absolute Gasteiger partial charge is 0.468 e. The summed E-state index contributed by atoms with van der Waals surface area (Å²) < 4.78 is 4.48. The van der Waals surface area contributed by atoms with Crippen LogP contribution < -0.4 is 10.6 Å². The van der Waals surface area contributed by atoms with Crippen molar-refractivity contribution in [3.05, 3.63) is 53.7 Å². The van der Waals surface area contributed by atoms with Crippen molar-refractivity contribution >= 4 is 34.6 Å². The van der Waals surface area contributed by atoms with Crippen LogP contribution in [-0.4, -0.2) is 31.4 Å². The van der Waals surface area contributed by atoms with E-state index in [-0.39, 0.29) is 18.1 Å². The summed E-state index contributed by atoms with van der Waals surface area (Å²) in [4.78, 5) is 34.8. The Morgan fingerprint density at radius 1 is 1.08 bits per heavy atom. The molecule has 2 rings (SSSR count). The van der Waals surface area contributed by atoms with Gasteiger partial charge in [0.25, 0.3) is 5.91 Å². The highest BCUT2D eigenvalue weighted by molar-refractivity contribution is 6.04. The molecule has 0 saturated carbocycles. The van der Waals surface area contributed by atoms with Crippen molar-refractivity contribution < 1.29 is 19.1 Å². The summed E-state index contributed by atoms with van der Waals surface area (Å²) >= 11 is 0. The molecule has 0 aliphatic carbocycles. The number of hydrogen-bond donors (Lipinski definition) is 2. The van der Waals surface area contributed by atoms with Gasteiger partial charge in [-0.3, -0.25) is 14.4 Å². The number of nitrogens with one attached hydrogen (secondary N) is 2.